The molecule has 2 aliphatic heterocycles. The van der Waals surface area contributed by atoms with Gasteiger partial charge in [0.1, 0.15) is 11.9 Å². The van der Waals surface area contributed by atoms with Crippen molar-refractivity contribution >= 4 is 28.5 Å². The second-order valence-corrected chi connectivity index (χ2v) is 7.94. The number of nitrogens with zero attached hydrogens (tertiary/aromatic N) is 3. The number of allylic oxidation sites excluding steroid dienone is 1. The van der Waals surface area contributed by atoms with Gasteiger partial charge in [-0.15, -0.1) is 0 Å². The van der Waals surface area contributed by atoms with Crippen molar-refractivity contribution < 1.29 is 4.79 Å². The van der Waals surface area contributed by atoms with Crippen molar-refractivity contribution in [1.29, 1.82) is 0 Å². The van der Waals surface area contributed by atoms with Crippen LogP contribution in [0.4, 0.5) is 0 Å². The Morgan fingerprint density at radius 1 is 1.37 bits per heavy atom. The number of rotatable bonds is 7. The average molecular weight is 408 g/mol. The number of nitrogens with two attached hydrogens (primary N) is 2. The first kappa shape index (κ1) is 20.0. The molecule has 0 aliphatic carbocycles. The number of hydrogen-bond acceptors (Lipinski definition) is 4. The highest BCUT2D eigenvalue weighted by atomic mass is 16.2. The van der Waals surface area contributed by atoms with Gasteiger partial charge >= 0.3 is 0 Å². The van der Waals surface area contributed by atoms with Gasteiger partial charge in [-0.05, 0) is 24.8 Å². The van der Waals surface area contributed by atoms with Crippen molar-refractivity contribution in [2.75, 3.05) is 13.1 Å². The molecule has 1 aromatic heterocycles. The van der Waals surface area contributed by atoms with Crippen molar-refractivity contribution in [3.63, 3.8) is 0 Å². The highest BCUT2D eigenvalue weighted by molar-refractivity contribution is 6.13. The van der Waals surface area contributed by atoms with E-state index in [1.807, 2.05) is 29.3 Å². The molecule has 2 aromatic rings. The van der Waals surface area contributed by atoms with Gasteiger partial charge in [0, 0.05) is 29.2 Å². The van der Waals surface area contributed by atoms with Crippen LogP contribution in [0.3, 0.4) is 0 Å². The summed E-state index contributed by atoms with van der Waals surface area (Å²) in [5.41, 5.74) is 14.8. The van der Waals surface area contributed by atoms with E-state index in [-0.39, 0.29) is 23.8 Å². The van der Waals surface area contributed by atoms with Crippen molar-refractivity contribution in [3.05, 3.63) is 47.5 Å². The summed E-state index contributed by atoms with van der Waals surface area (Å²) in [6, 6.07) is 7.93. The fourth-order valence-corrected chi connectivity index (χ4v) is 4.07. The number of amides is 1. The van der Waals surface area contributed by atoms with Gasteiger partial charge in [-0.2, -0.15) is 0 Å². The van der Waals surface area contributed by atoms with Gasteiger partial charge in [0.05, 0.1) is 18.0 Å². The number of fused-ring (bicyclic) bond motifs is 2. The van der Waals surface area contributed by atoms with Gasteiger partial charge in [-0.1, -0.05) is 38.5 Å². The lowest BCUT2D eigenvalue weighted by molar-refractivity contribution is -0.128. The third-order valence-electron chi connectivity index (χ3n) is 5.92. The van der Waals surface area contributed by atoms with Crippen LogP contribution in [0.5, 0.6) is 0 Å². The van der Waals surface area contributed by atoms with E-state index >= 15 is 0 Å². The Morgan fingerprint density at radius 2 is 2.17 bits per heavy atom. The van der Waals surface area contributed by atoms with Crippen LogP contribution in [0.2, 0.25) is 0 Å². The normalized spacial score (nSPS) is 19.5. The number of para-hydroxylation sites is 1. The molecule has 2 atom stereocenters. The Morgan fingerprint density at radius 3 is 2.93 bits per heavy atom. The number of aromatic amines is 1. The van der Waals surface area contributed by atoms with Crippen molar-refractivity contribution in [2.45, 2.75) is 39.2 Å². The first-order valence-electron chi connectivity index (χ1n) is 10.5. The lowest BCUT2D eigenvalue weighted by Crippen LogP contribution is -2.38. The number of carbonyl (C=O) groups excluding carboxylic acids is 1. The second-order valence-electron chi connectivity index (χ2n) is 7.94. The molecular weight excluding hydrogens is 378 g/mol. The number of aromatic nitrogens is 1. The topological polar surface area (TPSA) is 125 Å². The number of carbonyl (C=O) groups is 1. The fourth-order valence-electron chi connectivity index (χ4n) is 4.07. The molecule has 0 spiro atoms. The molecule has 30 heavy (non-hydrogen) atoms. The van der Waals surface area contributed by atoms with E-state index in [1.54, 1.807) is 0 Å². The average Bonchev–Trinajstić information content (AvgIpc) is 3.32. The summed E-state index contributed by atoms with van der Waals surface area (Å²) in [5, 5.41) is 4.56. The van der Waals surface area contributed by atoms with E-state index < -0.39 is 0 Å². The van der Waals surface area contributed by atoms with Gasteiger partial charge in [0.2, 0.25) is 0 Å². The summed E-state index contributed by atoms with van der Waals surface area (Å²) in [6.07, 6.45) is 4.34. The molecular formula is C22H29N7O. The Hall–Kier alpha value is -3.29. The summed E-state index contributed by atoms with van der Waals surface area (Å²) in [7, 11) is 0. The van der Waals surface area contributed by atoms with Crippen LogP contribution in [0.1, 0.15) is 38.7 Å². The Kier molecular flexibility index (Phi) is 5.48. The predicted molar refractivity (Wildman–Crippen MR) is 120 cm³/mol. The highest BCUT2D eigenvalue weighted by Gasteiger charge is 2.41. The maximum absolute atomic E-state index is 13.2. The van der Waals surface area contributed by atoms with Crippen LogP contribution < -0.4 is 16.8 Å². The summed E-state index contributed by atoms with van der Waals surface area (Å²) in [4.78, 5) is 27.4. The summed E-state index contributed by atoms with van der Waals surface area (Å²) in [6.45, 7) is 5.21. The van der Waals surface area contributed by atoms with Crippen LogP contribution in [0, 0.1) is 5.92 Å². The van der Waals surface area contributed by atoms with Gasteiger partial charge < -0.3 is 21.8 Å². The molecule has 1 amide bonds. The van der Waals surface area contributed by atoms with Crippen LogP contribution in [0.25, 0.3) is 10.9 Å². The lowest BCUT2D eigenvalue weighted by atomic mass is 9.99. The number of benzene rings is 1. The smallest absolute Gasteiger partial charge is 0.251 e. The molecule has 158 valence electrons. The van der Waals surface area contributed by atoms with Crippen molar-refractivity contribution in [2.24, 2.45) is 27.4 Å². The SMILES string of the molecule is CCC(C)C1NC2=C(CCCN=C(N)N)N=C(c3c[nH]c4ccccc34)CN2C1=O. The van der Waals surface area contributed by atoms with Gasteiger partial charge in [-0.25, -0.2) is 0 Å². The minimum Gasteiger partial charge on any atom is -0.370 e. The quantitative estimate of drug-likeness (QED) is 0.318. The van der Waals surface area contributed by atoms with Gasteiger partial charge in [0.15, 0.2) is 5.96 Å². The van der Waals surface area contributed by atoms with Crippen LogP contribution in [-0.4, -0.2) is 46.6 Å². The molecule has 8 nitrogen and oxygen atoms in total. The molecule has 6 N–H and O–H groups in total. The monoisotopic (exact) mass is 407 g/mol. The van der Waals surface area contributed by atoms with Gasteiger partial charge in [0.25, 0.3) is 5.91 Å². The van der Waals surface area contributed by atoms with E-state index in [9.17, 15) is 4.79 Å². The van der Waals surface area contributed by atoms with Crippen LogP contribution >= 0.6 is 0 Å². The molecule has 2 unspecified atom stereocenters. The molecule has 1 fully saturated rings. The van der Waals surface area contributed by atoms with E-state index in [2.05, 4.69) is 35.2 Å². The van der Waals surface area contributed by atoms with Crippen LogP contribution in [0.15, 0.2) is 52.0 Å². The lowest BCUT2D eigenvalue weighted by Gasteiger charge is -2.25. The number of hydrogen-bond donors (Lipinski definition) is 4. The number of aliphatic imine (C=N–C) groups is 2. The molecule has 3 heterocycles. The maximum Gasteiger partial charge on any atom is 0.251 e. The minimum atomic E-state index is -0.213. The zero-order valence-electron chi connectivity index (χ0n) is 17.5. The maximum atomic E-state index is 13.2. The molecule has 0 saturated carbocycles. The van der Waals surface area contributed by atoms with Gasteiger partial charge in [-0.3, -0.25) is 19.7 Å². The van der Waals surface area contributed by atoms with Crippen molar-refractivity contribution in [1.82, 2.24) is 15.2 Å². The van der Waals surface area contributed by atoms with Crippen LogP contribution in [-0.2, 0) is 4.79 Å². The zero-order chi connectivity index (χ0) is 21.3. The van der Waals surface area contributed by atoms with E-state index in [0.29, 0.717) is 19.5 Å². The van der Waals surface area contributed by atoms with E-state index in [1.165, 1.54) is 0 Å². The highest BCUT2D eigenvalue weighted by Crippen LogP contribution is 2.31. The zero-order valence-corrected chi connectivity index (χ0v) is 17.5. The largest absolute Gasteiger partial charge is 0.370 e. The molecule has 0 radical (unpaired) electrons. The third-order valence-corrected chi connectivity index (χ3v) is 5.92. The molecule has 8 heteroatoms. The third kappa shape index (κ3) is 3.65. The molecule has 1 saturated heterocycles. The van der Waals surface area contributed by atoms with E-state index in [0.717, 1.165) is 46.5 Å². The Balaban J connectivity index is 1.68. The standard InChI is InChI=1S/C22H29N7O/c1-3-13(2)19-21(30)29-12-18(15-11-26-16-8-5-4-7-14(15)16)27-17(20(29)28-19)9-6-10-25-22(23)24/h4-5,7-8,11,13,19,26,28H,3,6,9-10,12H2,1-2H3,(H4,23,24,25). The summed E-state index contributed by atoms with van der Waals surface area (Å²) >= 11 is 0. The molecule has 0 bridgehead atoms. The predicted octanol–water partition coefficient (Wildman–Crippen LogP) is 2.04. The van der Waals surface area contributed by atoms with Crippen molar-refractivity contribution in [3.8, 4) is 0 Å². The number of guanidine groups is 1. The Bertz CT molecular complexity index is 1040. The first-order chi connectivity index (χ1) is 14.5. The fraction of sp³-hybridized carbons (Fsp3) is 0.409. The number of H-pyrrole nitrogens is 1. The molecule has 1 aromatic carbocycles. The summed E-state index contributed by atoms with van der Waals surface area (Å²) < 4.78 is 0. The molecule has 4 rings (SSSR count). The second kappa shape index (κ2) is 8.22. The Labute approximate surface area is 176 Å². The summed E-state index contributed by atoms with van der Waals surface area (Å²) in [5.74, 6) is 1.29. The molecule has 2 aliphatic rings. The minimum absolute atomic E-state index is 0.0897. The first-order valence-corrected chi connectivity index (χ1v) is 10.5. The van der Waals surface area contributed by atoms with E-state index in [4.69, 9.17) is 16.5 Å². The number of nitrogens with one attached hydrogen (secondary N) is 2.